The minimum Gasteiger partial charge on any atom is -0.388 e. The van der Waals surface area contributed by atoms with Gasteiger partial charge in [-0.15, -0.1) is 0 Å². The van der Waals surface area contributed by atoms with Crippen LogP contribution in [0.1, 0.15) is 40.4 Å². The average Bonchev–Trinajstić information content (AvgIpc) is 2.61. The van der Waals surface area contributed by atoms with E-state index in [2.05, 4.69) is 10.6 Å². The first kappa shape index (κ1) is 17.1. The van der Waals surface area contributed by atoms with Crippen LogP contribution in [0.3, 0.4) is 0 Å². The maximum Gasteiger partial charge on any atom is 0.254 e. The van der Waals surface area contributed by atoms with Crippen LogP contribution in [0, 0.1) is 5.82 Å². The summed E-state index contributed by atoms with van der Waals surface area (Å²) in [7, 11) is 0. The Balaban J connectivity index is 1.61. The highest BCUT2D eigenvalue weighted by Gasteiger charge is 2.20. The first-order valence-electron chi connectivity index (χ1n) is 8.18. The van der Waals surface area contributed by atoms with Crippen LogP contribution in [0.25, 0.3) is 0 Å². The van der Waals surface area contributed by atoms with Gasteiger partial charge in [-0.1, -0.05) is 30.3 Å². The number of aryl methyl sites for hydroxylation is 1. The molecule has 0 unspecified atom stereocenters. The number of hydrogen-bond acceptors (Lipinski definition) is 3. The number of amides is 2. The van der Waals surface area contributed by atoms with Crippen molar-refractivity contribution in [2.24, 2.45) is 0 Å². The van der Waals surface area contributed by atoms with Crippen molar-refractivity contribution in [3.05, 3.63) is 65.0 Å². The minimum absolute atomic E-state index is 0.0518. The molecule has 1 atom stereocenters. The molecule has 2 aromatic rings. The summed E-state index contributed by atoms with van der Waals surface area (Å²) >= 11 is 0. The third-order valence-electron chi connectivity index (χ3n) is 4.22. The molecule has 5 nitrogen and oxygen atoms in total. The number of aliphatic hydroxyl groups is 1. The van der Waals surface area contributed by atoms with Crippen molar-refractivity contribution in [2.45, 2.75) is 25.4 Å². The molecular weight excluding hydrogens is 323 g/mol. The fourth-order valence-electron chi connectivity index (χ4n) is 2.84. The lowest BCUT2D eigenvalue weighted by Gasteiger charge is -2.18. The third kappa shape index (κ3) is 4.03. The molecular formula is C19H19FN2O3. The van der Waals surface area contributed by atoms with E-state index in [0.29, 0.717) is 24.9 Å². The number of anilines is 1. The Morgan fingerprint density at radius 1 is 1.24 bits per heavy atom. The van der Waals surface area contributed by atoms with E-state index in [1.54, 1.807) is 0 Å². The molecule has 1 aliphatic rings. The van der Waals surface area contributed by atoms with E-state index >= 15 is 0 Å². The van der Waals surface area contributed by atoms with Gasteiger partial charge in [0.05, 0.1) is 11.7 Å². The number of fused-ring (bicyclic) bond motifs is 1. The Morgan fingerprint density at radius 3 is 2.76 bits per heavy atom. The fraction of sp³-hybridized carbons (Fsp3) is 0.263. The Labute approximate surface area is 144 Å². The van der Waals surface area contributed by atoms with E-state index in [1.165, 1.54) is 12.1 Å². The van der Waals surface area contributed by atoms with Crippen LogP contribution in [0.15, 0.2) is 42.5 Å². The highest BCUT2D eigenvalue weighted by atomic mass is 19.1. The van der Waals surface area contributed by atoms with Crippen LogP contribution in [0.4, 0.5) is 10.1 Å². The van der Waals surface area contributed by atoms with Crippen molar-refractivity contribution >= 4 is 17.5 Å². The standard InChI is InChI=1S/C19H19FN2O3/c20-15-11-16-13(6-7-18(24)22-16)10-14(15)19(25)21-9-8-17(23)12-4-2-1-3-5-12/h1-5,10-11,17,23H,6-9H2,(H,21,25)(H,22,24)/t17-/m1/s1. The predicted molar refractivity (Wildman–Crippen MR) is 91.7 cm³/mol. The number of aliphatic hydroxyl groups excluding tert-OH is 1. The van der Waals surface area contributed by atoms with E-state index in [-0.39, 0.29) is 18.0 Å². The van der Waals surface area contributed by atoms with Gasteiger partial charge in [0.2, 0.25) is 5.91 Å². The summed E-state index contributed by atoms with van der Waals surface area (Å²) in [5, 5.41) is 15.3. The van der Waals surface area contributed by atoms with E-state index in [1.807, 2.05) is 30.3 Å². The van der Waals surface area contributed by atoms with E-state index in [0.717, 1.165) is 11.1 Å². The molecule has 0 aliphatic carbocycles. The zero-order valence-corrected chi connectivity index (χ0v) is 13.6. The number of carbonyl (C=O) groups excluding carboxylic acids is 2. The number of halogens is 1. The highest BCUT2D eigenvalue weighted by molar-refractivity contribution is 5.98. The maximum atomic E-state index is 14.1. The monoisotopic (exact) mass is 342 g/mol. The number of rotatable bonds is 5. The van der Waals surface area contributed by atoms with Crippen molar-refractivity contribution in [1.82, 2.24) is 5.32 Å². The molecule has 0 saturated carbocycles. The molecule has 0 spiro atoms. The Morgan fingerprint density at radius 2 is 2.00 bits per heavy atom. The molecule has 25 heavy (non-hydrogen) atoms. The topological polar surface area (TPSA) is 78.4 Å². The summed E-state index contributed by atoms with van der Waals surface area (Å²) in [6, 6.07) is 11.8. The van der Waals surface area contributed by atoms with E-state index < -0.39 is 17.8 Å². The summed E-state index contributed by atoms with van der Waals surface area (Å²) < 4.78 is 14.1. The van der Waals surface area contributed by atoms with Crippen molar-refractivity contribution in [3.63, 3.8) is 0 Å². The number of hydrogen-bond donors (Lipinski definition) is 3. The first-order chi connectivity index (χ1) is 12.0. The largest absolute Gasteiger partial charge is 0.388 e. The third-order valence-corrected chi connectivity index (χ3v) is 4.22. The van der Waals surface area contributed by atoms with Crippen LogP contribution in [-0.2, 0) is 11.2 Å². The summed E-state index contributed by atoms with van der Waals surface area (Å²) in [5.41, 5.74) is 1.89. The Bertz CT molecular complexity index is 793. The van der Waals surface area contributed by atoms with Crippen LogP contribution >= 0.6 is 0 Å². The summed E-state index contributed by atoms with van der Waals surface area (Å²) in [6.45, 7) is 0.224. The smallest absolute Gasteiger partial charge is 0.254 e. The second-order valence-corrected chi connectivity index (χ2v) is 6.01. The molecule has 2 aromatic carbocycles. The van der Waals surface area contributed by atoms with Gasteiger partial charge in [-0.3, -0.25) is 9.59 Å². The lowest BCUT2D eigenvalue weighted by Crippen LogP contribution is -2.27. The summed E-state index contributed by atoms with van der Waals surface area (Å²) in [4.78, 5) is 23.6. The quantitative estimate of drug-likeness (QED) is 0.781. The van der Waals surface area contributed by atoms with Gasteiger partial charge >= 0.3 is 0 Å². The van der Waals surface area contributed by atoms with Gasteiger partial charge in [0.1, 0.15) is 5.82 Å². The van der Waals surface area contributed by atoms with Crippen LogP contribution < -0.4 is 10.6 Å². The lowest BCUT2D eigenvalue weighted by atomic mass is 9.99. The Kier molecular flexibility index (Phi) is 5.09. The van der Waals surface area contributed by atoms with Gasteiger partial charge in [0, 0.05) is 18.7 Å². The Hall–Kier alpha value is -2.73. The summed E-state index contributed by atoms with van der Waals surface area (Å²) in [5.74, 6) is -1.36. The van der Waals surface area contributed by atoms with Crippen molar-refractivity contribution in [3.8, 4) is 0 Å². The van der Waals surface area contributed by atoms with E-state index in [4.69, 9.17) is 0 Å². The first-order valence-corrected chi connectivity index (χ1v) is 8.18. The maximum absolute atomic E-state index is 14.1. The number of nitrogens with one attached hydrogen (secondary N) is 2. The van der Waals surface area contributed by atoms with Gasteiger partial charge < -0.3 is 15.7 Å². The molecule has 3 rings (SSSR count). The second kappa shape index (κ2) is 7.44. The molecule has 3 N–H and O–H groups in total. The summed E-state index contributed by atoms with van der Waals surface area (Å²) in [6.07, 6.45) is 0.445. The zero-order chi connectivity index (χ0) is 17.8. The van der Waals surface area contributed by atoms with Gasteiger partial charge in [0.25, 0.3) is 5.91 Å². The normalized spacial score (nSPS) is 14.4. The molecule has 6 heteroatoms. The molecule has 0 fully saturated rings. The zero-order valence-electron chi connectivity index (χ0n) is 13.6. The molecule has 0 bridgehead atoms. The molecule has 0 saturated heterocycles. The van der Waals surface area contributed by atoms with Crippen LogP contribution in [0.2, 0.25) is 0 Å². The molecule has 2 amide bonds. The second-order valence-electron chi connectivity index (χ2n) is 6.01. The van der Waals surface area contributed by atoms with Crippen LogP contribution in [-0.4, -0.2) is 23.5 Å². The SMILES string of the molecule is O=C1CCc2cc(C(=O)NCC[C@@H](O)c3ccccc3)c(F)cc2N1. The van der Waals surface area contributed by atoms with Crippen LogP contribution in [0.5, 0.6) is 0 Å². The molecule has 1 heterocycles. The van der Waals surface area contributed by atoms with E-state index in [9.17, 15) is 19.1 Å². The van der Waals surface area contributed by atoms with Crippen molar-refractivity contribution < 1.29 is 19.1 Å². The molecule has 0 radical (unpaired) electrons. The molecule has 130 valence electrons. The van der Waals surface area contributed by atoms with Gasteiger partial charge in [-0.05, 0) is 36.1 Å². The average molecular weight is 342 g/mol. The predicted octanol–water partition coefficient (Wildman–Crippen LogP) is 2.56. The molecule has 0 aromatic heterocycles. The highest BCUT2D eigenvalue weighted by Crippen LogP contribution is 2.26. The van der Waals surface area contributed by atoms with Crippen molar-refractivity contribution in [2.75, 3.05) is 11.9 Å². The van der Waals surface area contributed by atoms with Gasteiger partial charge in [0.15, 0.2) is 0 Å². The van der Waals surface area contributed by atoms with Crippen molar-refractivity contribution in [1.29, 1.82) is 0 Å². The molecule has 1 aliphatic heterocycles. The van der Waals surface area contributed by atoms with Gasteiger partial charge in [-0.2, -0.15) is 0 Å². The minimum atomic E-state index is -0.690. The number of benzene rings is 2. The fourth-order valence-corrected chi connectivity index (χ4v) is 2.84. The van der Waals surface area contributed by atoms with Gasteiger partial charge in [-0.25, -0.2) is 4.39 Å². The number of carbonyl (C=O) groups is 2. The lowest BCUT2D eigenvalue weighted by molar-refractivity contribution is -0.116.